The molecule has 1 unspecified atom stereocenters. The van der Waals surface area contributed by atoms with E-state index in [0.29, 0.717) is 18.6 Å². The molecule has 0 amide bonds. The van der Waals surface area contributed by atoms with Gasteiger partial charge in [-0.3, -0.25) is 4.79 Å². The fourth-order valence-corrected chi connectivity index (χ4v) is 2.31. The SMILES string of the molecule is CC1(c2ccc(Br)cc2)CC(=O)CCN1.Cl. The van der Waals surface area contributed by atoms with Crippen molar-refractivity contribution in [1.82, 2.24) is 5.32 Å². The first-order valence-electron chi connectivity index (χ1n) is 5.13. The van der Waals surface area contributed by atoms with Gasteiger partial charge in [0.25, 0.3) is 0 Å². The molecular formula is C12H15BrClNO. The summed E-state index contributed by atoms with van der Waals surface area (Å²) in [5.74, 6) is 0.346. The molecule has 1 aromatic rings. The molecule has 1 aliphatic heterocycles. The van der Waals surface area contributed by atoms with Crippen LogP contribution < -0.4 is 5.32 Å². The molecule has 0 spiro atoms. The van der Waals surface area contributed by atoms with Crippen molar-refractivity contribution < 1.29 is 4.79 Å². The van der Waals surface area contributed by atoms with Gasteiger partial charge in [-0.15, -0.1) is 12.4 Å². The molecule has 2 nitrogen and oxygen atoms in total. The van der Waals surface area contributed by atoms with E-state index in [1.165, 1.54) is 5.56 Å². The number of halogens is 2. The summed E-state index contributed by atoms with van der Waals surface area (Å²) in [4.78, 5) is 11.5. The van der Waals surface area contributed by atoms with E-state index in [4.69, 9.17) is 0 Å². The molecule has 1 saturated heterocycles. The van der Waals surface area contributed by atoms with Crippen molar-refractivity contribution in [1.29, 1.82) is 0 Å². The van der Waals surface area contributed by atoms with E-state index in [-0.39, 0.29) is 17.9 Å². The lowest BCUT2D eigenvalue weighted by Gasteiger charge is -2.34. The predicted octanol–water partition coefficient (Wildman–Crippen LogP) is 3.04. The zero-order valence-corrected chi connectivity index (χ0v) is 11.5. The number of rotatable bonds is 1. The van der Waals surface area contributed by atoms with Gasteiger partial charge in [-0.1, -0.05) is 28.1 Å². The molecule has 2 rings (SSSR count). The molecule has 1 aromatic carbocycles. The molecule has 1 atom stereocenters. The minimum atomic E-state index is -0.184. The standard InChI is InChI=1S/C12H14BrNO.ClH/c1-12(8-11(15)6-7-14-12)9-2-4-10(13)5-3-9;/h2-5,14H,6-8H2,1H3;1H. The summed E-state index contributed by atoms with van der Waals surface area (Å²) in [6, 6.07) is 8.16. The average molecular weight is 305 g/mol. The number of hydrogen-bond donors (Lipinski definition) is 1. The second-order valence-corrected chi connectivity index (χ2v) is 5.15. The molecular weight excluding hydrogens is 289 g/mol. The number of ketones is 1. The molecule has 16 heavy (non-hydrogen) atoms. The first-order chi connectivity index (χ1) is 7.10. The number of Topliss-reactive ketones (excluding diaryl/α,β-unsaturated/α-hetero) is 1. The molecule has 0 aromatic heterocycles. The number of carbonyl (C=O) groups excluding carboxylic acids is 1. The first-order valence-corrected chi connectivity index (χ1v) is 5.92. The van der Waals surface area contributed by atoms with Crippen LogP contribution in [0.2, 0.25) is 0 Å². The Kier molecular flexibility index (Phi) is 4.53. The van der Waals surface area contributed by atoms with Crippen LogP contribution in [0.1, 0.15) is 25.3 Å². The van der Waals surface area contributed by atoms with Crippen LogP contribution in [0.3, 0.4) is 0 Å². The second-order valence-electron chi connectivity index (χ2n) is 4.23. The lowest BCUT2D eigenvalue weighted by atomic mass is 9.83. The summed E-state index contributed by atoms with van der Waals surface area (Å²) in [6.45, 7) is 2.87. The van der Waals surface area contributed by atoms with Crippen LogP contribution in [0.5, 0.6) is 0 Å². The summed E-state index contributed by atoms with van der Waals surface area (Å²) in [7, 11) is 0. The Hall–Kier alpha value is -0.380. The molecule has 0 aliphatic carbocycles. The summed E-state index contributed by atoms with van der Waals surface area (Å²) in [6.07, 6.45) is 1.25. The first kappa shape index (κ1) is 13.7. The van der Waals surface area contributed by atoms with Gasteiger partial charge in [0.15, 0.2) is 0 Å². The number of hydrogen-bond acceptors (Lipinski definition) is 2. The highest BCUT2D eigenvalue weighted by Gasteiger charge is 2.31. The van der Waals surface area contributed by atoms with E-state index in [2.05, 4.69) is 40.3 Å². The highest BCUT2D eigenvalue weighted by atomic mass is 79.9. The van der Waals surface area contributed by atoms with Gasteiger partial charge in [0, 0.05) is 29.4 Å². The van der Waals surface area contributed by atoms with Gasteiger partial charge in [-0.2, -0.15) is 0 Å². The minimum absolute atomic E-state index is 0. The second kappa shape index (κ2) is 5.30. The fraction of sp³-hybridized carbons (Fsp3) is 0.417. The van der Waals surface area contributed by atoms with Crippen molar-refractivity contribution in [2.24, 2.45) is 0 Å². The predicted molar refractivity (Wildman–Crippen MR) is 71.0 cm³/mol. The summed E-state index contributed by atoms with van der Waals surface area (Å²) < 4.78 is 1.07. The molecule has 0 radical (unpaired) electrons. The van der Waals surface area contributed by atoms with E-state index in [1.54, 1.807) is 0 Å². The summed E-state index contributed by atoms with van der Waals surface area (Å²) >= 11 is 3.41. The normalized spacial score (nSPS) is 25.0. The third kappa shape index (κ3) is 2.84. The van der Waals surface area contributed by atoms with Crippen LogP contribution >= 0.6 is 28.3 Å². The van der Waals surface area contributed by atoms with Gasteiger partial charge in [0.1, 0.15) is 5.78 Å². The molecule has 0 bridgehead atoms. The number of piperidine rings is 1. The van der Waals surface area contributed by atoms with Crippen LogP contribution in [0.25, 0.3) is 0 Å². The van der Waals surface area contributed by atoms with Gasteiger partial charge in [0.2, 0.25) is 0 Å². The van der Waals surface area contributed by atoms with Gasteiger partial charge in [0.05, 0.1) is 0 Å². The highest BCUT2D eigenvalue weighted by Crippen LogP contribution is 2.28. The van der Waals surface area contributed by atoms with Gasteiger partial charge >= 0.3 is 0 Å². The van der Waals surface area contributed by atoms with Crippen molar-refractivity contribution in [3.05, 3.63) is 34.3 Å². The lowest BCUT2D eigenvalue weighted by Crippen LogP contribution is -2.46. The van der Waals surface area contributed by atoms with E-state index < -0.39 is 0 Å². The van der Waals surface area contributed by atoms with Crippen molar-refractivity contribution in [2.75, 3.05) is 6.54 Å². The van der Waals surface area contributed by atoms with Gasteiger partial charge in [-0.05, 0) is 24.6 Å². The van der Waals surface area contributed by atoms with Gasteiger partial charge in [-0.25, -0.2) is 0 Å². The number of nitrogens with one attached hydrogen (secondary N) is 1. The molecule has 1 heterocycles. The topological polar surface area (TPSA) is 29.1 Å². The number of benzene rings is 1. The van der Waals surface area contributed by atoms with Crippen LogP contribution in [0.4, 0.5) is 0 Å². The zero-order chi connectivity index (χ0) is 10.9. The summed E-state index contributed by atoms with van der Waals surface area (Å²) in [5, 5.41) is 3.43. The minimum Gasteiger partial charge on any atom is -0.307 e. The maximum atomic E-state index is 11.5. The molecule has 88 valence electrons. The van der Waals surface area contributed by atoms with E-state index in [0.717, 1.165) is 11.0 Å². The fourth-order valence-electron chi connectivity index (χ4n) is 2.04. The largest absolute Gasteiger partial charge is 0.307 e. The molecule has 0 saturated carbocycles. The van der Waals surface area contributed by atoms with Crippen LogP contribution in [-0.4, -0.2) is 12.3 Å². The highest BCUT2D eigenvalue weighted by molar-refractivity contribution is 9.10. The quantitative estimate of drug-likeness (QED) is 0.864. The van der Waals surface area contributed by atoms with Crippen LogP contribution in [0, 0.1) is 0 Å². The van der Waals surface area contributed by atoms with Crippen molar-refractivity contribution >= 4 is 34.1 Å². The summed E-state index contributed by atoms with van der Waals surface area (Å²) in [5.41, 5.74) is 0.995. The Morgan fingerprint density at radius 1 is 1.31 bits per heavy atom. The Labute approximate surface area is 110 Å². The number of carbonyl (C=O) groups is 1. The molecule has 1 aliphatic rings. The average Bonchev–Trinajstić information content (AvgIpc) is 2.18. The Morgan fingerprint density at radius 3 is 2.50 bits per heavy atom. The maximum absolute atomic E-state index is 11.5. The van der Waals surface area contributed by atoms with Crippen LogP contribution in [0.15, 0.2) is 28.7 Å². The van der Waals surface area contributed by atoms with Crippen molar-refractivity contribution in [3.63, 3.8) is 0 Å². The third-order valence-corrected chi connectivity index (χ3v) is 3.48. The Balaban J connectivity index is 0.00000128. The van der Waals surface area contributed by atoms with Crippen molar-refractivity contribution in [2.45, 2.75) is 25.3 Å². The van der Waals surface area contributed by atoms with E-state index in [1.807, 2.05) is 12.1 Å². The Morgan fingerprint density at radius 2 is 1.94 bits per heavy atom. The monoisotopic (exact) mass is 303 g/mol. The van der Waals surface area contributed by atoms with E-state index in [9.17, 15) is 4.79 Å². The Bertz CT molecular complexity index is 379. The van der Waals surface area contributed by atoms with Gasteiger partial charge < -0.3 is 5.32 Å². The smallest absolute Gasteiger partial charge is 0.136 e. The lowest BCUT2D eigenvalue weighted by molar-refractivity contribution is -0.122. The molecule has 4 heteroatoms. The van der Waals surface area contributed by atoms with E-state index >= 15 is 0 Å². The molecule has 1 fully saturated rings. The van der Waals surface area contributed by atoms with Crippen LogP contribution in [-0.2, 0) is 10.3 Å². The zero-order valence-electron chi connectivity index (χ0n) is 9.13. The van der Waals surface area contributed by atoms with Crippen molar-refractivity contribution in [3.8, 4) is 0 Å². The third-order valence-electron chi connectivity index (χ3n) is 2.95. The maximum Gasteiger partial charge on any atom is 0.136 e. The molecule has 1 N–H and O–H groups in total.